The van der Waals surface area contributed by atoms with Crippen LogP contribution in [0.15, 0.2) is 11.4 Å². The van der Waals surface area contributed by atoms with Crippen LogP contribution < -0.4 is 0 Å². The second-order valence-corrected chi connectivity index (χ2v) is 8.42. The number of aliphatic carboxylic acids is 1. The van der Waals surface area contributed by atoms with Gasteiger partial charge in [-0.1, -0.05) is 0 Å². The second-order valence-electron chi connectivity index (χ2n) is 5.26. The van der Waals surface area contributed by atoms with Gasteiger partial charge < -0.3 is 9.84 Å². The van der Waals surface area contributed by atoms with Gasteiger partial charge in [-0.15, -0.1) is 11.3 Å². The minimum atomic E-state index is -3.62. The predicted molar refractivity (Wildman–Crippen MR) is 77.9 cm³/mol. The van der Waals surface area contributed by atoms with E-state index in [2.05, 4.69) is 0 Å². The van der Waals surface area contributed by atoms with E-state index in [4.69, 9.17) is 4.74 Å². The van der Waals surface area contributed by atoms with Gasteiger partial charge in [0, 0.05) is 24.6 Å². The number of nitrogens with zero attached hydrogens (tertiary/aromatic N) is 1. The lowest BCUT2D eigenvalue weighted by Crippen LogP contribution is -2.48. The Hall–Kier alpha value is -0.960. The SMILES string of the molecule is O=C(O)C1c2ccsc2CCN1S(=O)(=O)C1CCOCC1. The molecule has 1 aromatic heterocycles. The zero-order chi connectivity index (χ0) is 15.0. The number of ether oxygens (including phenoxy) is 1. The molecule has 0 amide bonds. The molecule has 1 fully saturated rings. The summed E-state index contributed by atoms with van der Waals surface area (Å²) < 4.78 is 32.0. The third-order valence-electron chi connectivity index (χ3n) is 4.07. The fourth-order valence-corrected chi connectivity index (χ4v) is 5.91. The van der Waals surface area contributed by atoms with E-state index in [9.17, 15) is 18.3 Å². The van der Waals surface area contributed by atoms with Gasteiger partial charge in [-0.3, -0.25) is 4.79 Å². The molecule has 1 unspecified atom stereocenters. The summed E-state index contributed by atoms with van der Waals surface area (Å²) in [6.45, 7) is 1.07. The summed E-state index contributed by atoms with van der Waals surface area (Å²) in [6.07, 6.45) is 1.45. The number of carbonyl (C=O) groups is 1. The van der Waals surface area contributed by atoms with Crippen LogP contribution >= 0.6 is 11.3 Å². The van der Waals surface area contributed by atoms with Crippen molar-refractivity contribution in [1.82, 2.24) is 4.31 Å². The van der Waals surface area contributed by atoms with Crippen molar-refractivity contribution in [2.24, 2.45) is 0 Å². The summed E-state index contributed by atoms with van der Waals surface area (Å²) in [6, 6.07) is 0.637. The van der Waals surface area contributed by atoms with Gasteiger partial charge >= 0.3 is 5.97 Å². The topological polar surface area (TPSA) is 83.9 Å². The molecule has 3 rings (SSSR count). The van der Waals surface area contributed by atoms with Crippen molar-refractivity contribution in [1.29, 1.82) is 0 Å². The van der Waals surface area contributed by atoms with Gasteiger partial charge in [0.2, 0.25) is 10.0 Å². The van der Waals surface area contributed by atoms with Crippen LogP contribution in [0.25, 0.3) is 0 Å². The molecule has 2 aliphatic rings. The average Bonchev–Trinajstić information content (AvgIpc) is 2.95. The van der Waals surface area contributed by atoms with Crippen molar-refractivity contribution in [3.63, 3.8) is 0 Å². The largest absolute Gasteiger partial charge is 0.480 e. The van der Waals surface area contributed by atoms with Crippen molar-refractivity contribution in [3.8, 4) is 0 Å². The van der Waals surface area contributed by atoms with Gasteiger partial charge in [-0.05, 0) is 36.3 Å². The van der Waals surface area contributed by atoms with E-state index >= 15 is 0 Å². The molecular formula is C13H17NO5S2. The van der Waals surface area contributed by atoms with Crippen molar-refractivity contribution in [3.05, 3.63) is 21.9 Å². The number of rotatable bonds is 3. The summed E-state index contributed by atoms with van der Waals surface area (Å²) >= 11 is 1.49. The molecule has 21 heavy (non-hydrogen) atoms. The van der Waals surface area contributed by atoms with Crippen molar-refractivity contribution in [2.75, 3.05) is 19.8 Å². The standard InChI is InChI=1S/C13H17NO5S2/c15-13(16)12-10-4-8-20-11(10)1-5-14(12)21(17,18)9-2-6-19-7-3-9/h4,8-9,12H,1-3,5-7H2,(H,15,16). The number of carboxylic acid groups (broad SMARTS) is 1. The van der Waals surface area contributed by atoms with Crippen LogP contribution in [0.2, 0.25) is 0 Å². The monoisotopic (exact) mass is 331 g/mol. The Balaban J connectivity index is 1.95. The number of hydrogen-bond acceptors (Lipinski definition) is 5. The van der Waals surface area contributed by atoms with Crippen LogP contribution in [-0.4, -0.2) is 48.8 Å². The molecule has 0 saturated carbocycles. The Kier molecular flexibility index (Phi) is 4.04. The molecule has 2 aliphatic heterocycles. The van der Waals surface area contributed by atoms with Crippen molar-refractivity contribution < 1.29 is 23.1 Å². The first kappa shape index (κ1) is 15.0. The Morgan fingerprint density at radius 2 is 2.10 bits per heavy atom. The molecule has 116 valence electrons. The molecule has 1 N–H and O–H groups in total. The number of fused-ring (bicyclic) bond motifs is 1. The van der Waals surface area contributed by atoms with Gasteiger partial charge in [0.05, 0.1) is 5.25 Å². The smallest absolute Gasteiger partial charge is 0.326 e. The minimum Gasteiger partial charge on any atom is -0.480 e. The molecule has 1 atom stereocenters. The average molecular weight is 331 g/mol. The first-order valence-electron chi connectivity index (χ1n) is 6.89. The van der Waals surface area contributed by atoms with Gasteiger partial charge in [0.15, 0.2) is 0 Å². The van der Waals surface area contributed by atoms with Crippen LogP contribution in [0, 0.1) is 0 Å². The quantitative estimate of drug-likeness (QED) is 0.901. The van der Waals surface area contributed by atoms with Crippen LogP contribution in [0.5, 0.6) is 0 Å². The molecule has 0 aromatic carbocycles. The lowest BCUT2D eigenvalue weighted by molar-refractivity contribution is -0.142. The highest BCUT2D eigenvalue weighted by Crippen LogP contribution is 2.37. The first-order valence-corrected chi connectivity index (χ1v) is 9.27. The Morgan fingerprint density at radius 3 is 2.76 bits per heavy atom. The second kappa shape index (κ2) is 5.68. The maximum atomic E-state index is 12.8. The lowest BCUT2D eigenvalue weighted by atomic mass is 10.0. The highest BCUT2D eigenvalue weighted by molar-refractivity contribution is 7.89. The van der Waals surface area contributed by atoms with E-state index in [1.165, 1.54) is 15.6 Å². The molecule has 1 aromatic rings. The zero-order valence-electron chi connectivity index (χ0n) is 11.4. The van der Waals surface area contributed by atoms with Gasteiger partial charge in [0.1, 0.15) is 6.04 Å². The predicted octanol–water partition coefficient (Wildman–Crippen LogP) is 1.24. The molecule has 0 bridgehead atoms. The van der Waals surface area contributed by atoms with E-state index in [1.54, 1.807) is 6.07 Å². The zero-order valence-corrected chi connectivity index (χ0v) is 13.0. The summed E-state index contributed by atoms with van der Waals surface area (Å²) in [5, 5.41) is 10.8. The maximum absolute atomic E-state index is 12.8. The molecule has 0 aliphatic carbocycles. The van der Waals surface area contributed by atoms with E-state index in [0.717, 1.165) is 4.88 Å². The highest BCUT2D eigenvalue weighted by Gasteiger charge is 2.43. The fraction of sp³-hybridized carbons (Fsp3) is 0.615. The van der Waals surface area contributed by atoms with E-state index in [-0.39, 0.29) is 6.54 Å². The normalized spacial score (nSPS) is 24.7. The van der Waals surface area contributed by atoms with Gasteiger partial charge in [-0.25, -0.2) is 8.42 Å². The minimum absolute atomic E-state index is 0.240. The van der Waals surface area contributed by atoms with Crippen molar-refractivity contribution in [2.45, 2.75) is 30.6 Å². The molecule has 3 heterocycles. The van der Waals surface area contributed by atoms with Gasteiger partial charge in [0.25, 0.3) is 0 Å². The lowest BCUT2D eigenvalue weighted by Gasteiger charge is -2.35. The molecular weight excluding hydrogens is 314 g/mol. The molecule has 8 heteroatoms. The molecule has 1 saturated heterocycles. The summed E-state index contributed by atoms with van der Waals surface area (Å²) in [7, 11) is -3.62. The van der Waals surface area contributed by atoms with Crippen LogP contribution in [0.1, 0.15) is 29.3 Å². The van der Waals surface area contributed by atoms with Crippen LogP contribution in [0.4, 0.5) is 0 Å². The van der Waals surface area contributed by atoms with Crippen molar-refractivity contribution >= 4 is 27.3 Å². The fourth-order valence-electron chi connectivity index (χ4n) is 2.99. The number of carboxylic acids is 1. The Morgan fingerprint density at radius 1 is 1.38 bits per heavy atom. The molecule has 0 radical (unpaired) electrons. The van der Waals surface area contributed by atoms with E-state index in [1.807, 2.05) is 5.38 Å². The maximum Gasteiger partial charge on any atom is 0.326 e. The van der Waals surface area contributed by atoms with Crippen LogP contribution in [-0.2, 0) is 26.0 Å². The first-order chi connectivity index (χ1) is 10.0. The molecule has 6 nitrogen and oxygen atoms in total. The number of sulfonamides is 1. The number of hydrogen-bond donors (Lipinski definition) is 1. The third-order valence-corrected chi connectivity index (χ3v) is 7.43. The highest BCUT2D eigenvalue weighted by atomic mass is 32.2. The summed E-state index contributed by atoms with van der Waals surface area (Å²) in [5.41, 5.74) is 0.620. The molecule has 0 spiro atoms. The summed E-state index contributed by atoms with van der Waals surface area (Å²) in [4.78, 5) is 12.6. The van der Waals surface area contributed by atoms with Crippen LogP contribution in [0.3, 0.4) is 0 Å². The Labute approximate surface area is 127 Å². The van der Waals surface area contributed by atoms with E-state index in [0.29, 0.717) is 38.0 Å². The number of thiophene rings is 1. The third kappa shape index (κ3) is 2.61. The van der Waals surface area contributed by atoms with E-state index < -0.39 is 27.3 Å². The van der Waals surface area contributed by atoms with Gasteiger partial charge in [-0.2, -0.15) is 4.31 Å². The Bertz CT molecular complexity index is 633. The summed E-state index contributed by atoms with van der Waals surface area (Å²) in [5.74, 6) is -1.11.